The minimum absolute atomic E-state index is 0.578. The van der Waals surface area contributed by atoms with Crippen molar-refractivity contribution in [3.8, 4) is 39.1 Å². The van der Waals surface area contributed by atoms with E-state index in [0.29, 0.717) is 11.4 Å². The Kier molecular flexibility index (Phi) is 6.44. The van der Waals surface area contributed by atoms with Gasteiger partial charge < -0.3 is 4.57 Å². The lowest BCUT2D eigenvalue weighted by molar-refractivity contribution is 1.18. The summed E-state index contributed by atoms with van der Waals surface area (Å²) >= 11 is 1.83. The summed E-state index contributed by atoms with van der Waals surface area (Å²) in [4.78, 5) is 7.63. The van der Waals surface area contributed by atoms with Crippen LogP contribution in [0, 0.1) is 13.1 Å². The molecule has 0 unspecified atom stereocenters. The molecule has 3 nitrogen and oxygen atoms in total. The van der Waals surface area contributed by atoms with Gasteiger partial charge in [-0.25, -0.2) is 9.69 Å². The highest BCUT2D eigenvalue weighted by molar-refractivity contribution is 7.26. The van der Waals surface area contributed by atoms with Crippen LogP contribution in [0.4, 0.5) is 11.4 Å². The van der Waals surface area contributed by atoms with Gasteiger partial charge in [0.25, 0.3) is 0 Å². The van der Waals surface area contributed by atoms with Crippen molar-refractivity contribution in [2.24, 2.45) is 0 Å². The van der Waals surface area contributed by atoms with Crippen molar-refractivity contribution < 1.29 is 0 Å². The number of hydrogen-bond donors (Lipinski definition) is 0. The van der Waals surface area contributed by atoms with Crippen LogP contribution in [0.5, 0.6) is 0 Å². The second-order valence-corrected chi connectivity index (χ2v) is 13.0. The summed E-state index contributed by atoms with van der Waals surface area (Å²) in [5.41, 5.74) is 10.9. The number of thiophene rings is 1. The first kappa shape index (κ1) is 27.8. The van der Waals surface area contributed by atoms with Crippen molar-refractivity contribution in [1.29, 1.82) is 0 Å². The van der Waals surface area contributed by atoms with E-state index in [2.05, 4.69) is 117 Å². The Balaban J connectivity index is 1.30. The average molecular weight is 628 g/mol. The van der Waals surface area contributed by atoms with E-state index in [1.165, 1.54) is 36.9 Å². The fraction of sp³-hybridized carbons (Fsp3) is 0. The highest BCUT2D eigenvalue weighted by atomic mass is 32.1. The Morgan fingerprint density at radius 2 is 1.15 bits per heavy atom. The number of para-hydroxylation sites is 1. The third-order valence-electron chi connectivity index (χ3n) is 9.17. The topological polar surface area (TPSA) is 13.6 Å². The molecule has 0 aliphatic heterocycles. The molecule has 0 spiro atoms. The minimum Gasteiger partial charge on any atom is -0.311 e. The molecule has 48 heavy (non-hydrogen) atoms. The zero-order chi connectivity index (χ0) is 32.2. The predicted octanol–water partition coefficient (Wildman–Crippen LogP) is 13.3. The first-order chi connectivity index (χ1) is 23.7. The third kappa shape index (κ3) is 4.48. The van der Waals surface area contributed by atoms with Gasteiger partial charge in [-0.1, -0.05) is 91.0 Å². The second kappa shape index (κ2) is 11.1. The molecular weight excluding hydrogens is 603 g/mol. The summed E-state index contributed by atoms with van der Waals surface area (Å²) in [6, 6.07) is 52.8. The van der Waals surface area contributed by atoms with Crippen molar-refractivity contribution in [2.45, 2.75) is 0 Å². The van der Waals surface area contributed by atoms with E-state index in [1.54, 1.807) is 0 Å². The molecule has 0 bridgehead atoms. The van der Waals surface area contributed by atoms with E-state index in [9.17, 15) is 0 Å². The average Bonchev–Trinajstić information content (AvgIpc) is 3.70. The highest BCUT2D eigenvalue weighted by Gasteiger charge is 2.17. The van der Waals surface area contributed by atoms with Crippen LogP contribution in [0.1, 0.15) is 0 Å². The molecule has 9 aromatic rings. The van der Waals surface area contributed by atoms with Gasteiger partial charge >= 0.3 is 0 Å². The Morgan fingerprint density at radius 1 is 0.438 bits per heavy atom. The zero-order valence-corrected chi connectivity index (χ0v) is 26.5. The lowest BCUT2D eigenvalue weighted by Gasteiger charge is -2.14. The van der Waals surface area contributed by atoms with Crippen LogP contribution in [0.2, 0.25) is 0 Å². The van der Waals surface area contributed by atoms with Gasteiger partial charge in [0, 0.05) is 36.8 Å². The van der Waals surface area contributed by atoms with Crippen molar-refractivity contribution in [3.63, 3.8) is 0 Å². The van der Waals surface area contributed by atoms with Gasteiger partial charge in [-0.3, -0.25) is 0 Å². The molecule has 0 atom stereocenters. The number of aromatic nitrogens is 1. The summed E-state index contributed by atoms with van der Waals surface area (Å²) < 4.78 is 4.73. The first-order valence-electron chi connectivity index (χ1n) is 15.7. The van der Waals surface area contributed by atoms with E-state index in [4.69, 9.17) is 13.1 Å². The van der Waals surface area contributed by atoms with Gasteiger partial charge in [0.15, 0.2) is 11.4 Å². The molecule has 0 fully saturated rings. The highest BCUT2D eigenvalue weighted by Crippen LogP contribution is 2.44. The van der Waals surface area contributed by atoms with E-state index < -0.39 is 0 Å². The second-order valence-electron chi connectivity index (χ2n) is 12.0. The Labute approximate surface area is 281 Å². The molecular formula is C44H25N3S. The SMILES string of the molecule is [C-]#[N+]c1cc(-c2cc(-c3cccc(-c4ccccc4)c3)c3sc4ccccc4c3c2)cc(-n2c3ccccc3c3cc([N+]#[C-])ccc32)c1. The number of nitrogens with zero attached hydrogens (tertiary/aromatic N) is 3. The van der Waals surface area contributed by atoms with E-state index in [0.717, 1.165) is 44.2 Å². The van der Waals surface area contributed by atoms with E-state index in [-0.39, 0.29) is 0 Å². The number of benzene rings is 7. The minimum atomic E-state index is 0.578. The standard InChI is InChI=1S/C44H25N3S/c1-45-33-19-20-42-39(27-33)36-15-6-8-17-41(36)47(42)35-23-31(22-34(26-35)46-2)32-24-38(44-40(25-32)37-16-7-9-18-43(37)48-44)30-14-10-13-29(21-30)28-11-4-3-5-12-28/h3-27H. The smallest absolute Gasteiger partial charge is 0.189 e. The molecule has 7 aromatic carbocycles. The maximum atomic E-state index is 8.08. The number of fused-ring (bicyclic) bond motifs is 6. The molecule has 9 rings (SSSR count). The van der Waals surface area contributed by atoms with Crippen LogP contribution in [-0.2, 0) is 0 Å². The van der Waals surface area contributed by atoms with Gasteiger partial charge in [0.1, 0.15) is 0 Å². The summed E-state index contributed by atoms with van der Waals surface area (Å²) in [7, 11) is 0. The normalized spacial score (nSPS) is 11.3. The summed E-state index contributed by atoms with van der Waals surface area (Å²) in [5, 5.41) is 4.56. The largest absolute Gasteiger partial charge is 0.311 e. The maximum absolute atomic E-state index is 8.08. The Morgan fingerprint density at radius 3 is 2.00 bits per heavy atom. The third-order valence-corrected chi connectivity index (χ3v) is 10.4. The first-order valence-corrected chi connectivity index (χ1v) is 16.6. The molecule has 0 radical (unpaired) electrons. The lowest BCUT2D eigenvalue weighted by atomic mass is 9.94. The van der Waals surface area contributed by atoms with Crippen molar-refractivity contribution in [2.75, 3.05) is 0 Å². The fourth-order valence-electron chi connectivity index (χ4n) is 6.97. The molecule has 222 valence electrons. The molecule has 0 N–H and O–H groups in total. The molecule has 0 saturated carbocycles. The van der Waals surface area contributed by atoms with Crippen LogP contribution in [0.15, 0.2) is 152 Å². The van der Waals surface area contributed by atoms with E-state index in [1.807, 2.05) is 59.9 Å². The predicted molar refractivity (Wildman–Crippen MR) is 203 cm³/mol. The molecule has 0 saturated heterocycles. The van der Waals surface area contributed by atoms with Crippen molar-refractivity contribution in [1.82, 2.24) is 4.57 Å². The van der Waals surface area contributed by atoms with Crippen LogP contribution in [0.3, 0.4) is 0 Å². The van der Waals surface area contributed by atoms with Crippen molar-refractivity contribution >= 4 is 64.7 Å². The van der Waals surface area contributed by atoms with Crippen LogP contribution < -0.4 is 0 Å². The summed E-state index contributed by atoms with van der Waals surface area (Å²) in [6.07, 6.45) is 0. The summed E-state index contributed by atoms with van der Waals surface area (Å²) in [6.45, 7) is 15.7. The van der Waals surface area contributed by atoms with Gasteiger partial charge in [-0.05, 0) is 93.9 Å². The fourth-order valence-corrected chi connectivity index (χ4v) is 8.19. The maximum Gasteiger partial charge on any atom is 0.189 e. The molecule has 2 heterocycles. The molecule has 0 aliphatic carbocycles. The molecule has 0 aliphatic rings. The Hall–Kier alpha value is -6.46. The number of rotatable bonds is 4. The zero-order valence-electron chi connectivity index (χ0n) is 25.7. The quantitative estimate of drug-likeness (QED) is 0.172. The van der Waals surface area contributed by atoms with Gasteiger partial charge in [0.2, 0.25) is 0 Å². The van der Waals surface area contributed by atoms with Crippen molar-refractivity contribution in [3.05, 3.63) is 174 Å². The molecule has 2 aromatic heterocycles. The van der Waals surface area contributed by atoms with Gasteiger partial charge in [-0.15, -0.1) is 11.3 Å². The van der Waals surface area contributed by atoms with Gasteiger partial charge in [-0.2, -0.15) is 0 Å². The van der Waals surface area contributed by atoms with Crippen LogP contribution >= 0.6 is 11.3 Å². The van der Waals surface area contributed by atoms with Crippen LogP contribution in [0.25, 0.3) is 90.7 Å². The molecule has 0 amide bonds. The van der Waals surface area contributed by atoms with Gasteiger partial charge in [0.05, 0.1) is 24.2 Å². The lowest BCUT2D eigenvalue weighted by Crippen LogP contribution is -1.94. The van der Waals surface area contributed by atoms with E-state index >= 15 is 0 Å². The summed E-state index contributed by atoms with van der Waals surface area (Å²) in [5.74, 6) is 0. The monoisotopic (exact) mass is 627 g/mol. The Bertz CT molecular complexity index is 2810. The molecule has 4 heteroatoms. The number of hydrogen-bond acceptors (Lipinski definition) is 1. The van der Waals surface area contributed by atoms with Crippen LogP contribution in [-0.4, -0.2) is 4.57 Å².